The van der Waals surface area contributed by atoms with Crippen molar-refractivity contribution in [3.05, 3.63) is 67.3 Å². The molecule has 50 heavy (non-hydrogen) atoms. The largest absolute Gasteiger partial charge is 0.462 e. The quantitative estimate of drug-likeness (QED) is 0.210. The highest BCUT2D eigenvalue weighted by Gasteiger charge is 2.61. The van der Waals surface area contributed by atoms with Gasteiger partial charge in [-0.1, -0.05) is 69.3 Å². The minimum Gasteiger partial charge on any atom is -0.462 e. The first-order chi connectivity index (χ1) is 23.7. The van der Waals surface area contributed by atoms with Gasteiger partial charge < -0.3 is 14.5 Å². The maximum atomic E-state index is 14.6. The number of carbonyl (C=O) groups excluding carboxylic acids is 4. The van der Waals surface area contributed by atoms with Gasteiger partial charge in [-0.3, -0.25) is 23.9 Å². The number of anilines is 1. The van der Waals surface area contributed by atoms with Crippen LogP contribution in [0.25, 0.3) is 11.1 Å². The highest BCUT2D eigenvalue weighted by Crippen LogP contribution is 2.57. The van der Waals surface area contributed by atoms with Gasteiger partial charge in [0.25, 0.3) is 0 Å². The average Bonchev–Trinajstić information content (AvgIpc) is 3.96. The van der Waals surface area contributed by atoms with Gasteiger partial charge in [0.2, 0.25) is 21.8 Å². The molecule has 0 bridgehead atoms. The Morgan fingerprint density at radius 2 is 1.68 bits per heavy atom. The predicted molar refractivity (Wildman–Crippen MR) is 191 cm³/mol. The van der Waals surface area contributed by atoms with E-state index in [9.17, 15) is 27.6 Å². The molecule has 3 aliphatic carbocycles. The smallest absolute Gasteiger partial charge is 0.306 e. The van der Waals surface area contributed by atoms with E-state index in [0.29, 0.717) is 19.3 Å². The van der Waals surface area contributed by atoms with Crippen LogP contribution in [-0.4, -0.2) is 67.5 Å². The summed E-state index contributed by atoms with van der Waals surface area (Å²) in [7, 11) is -3.82. The zero-order valence-corrected chi connectivity index (χ0v) is 30.1. The van der Waals surface area contributed by atoms with Crippen LogP contribution in [-0.2, 0) is 33.9 Å². The van der Waals surface area contributed by atoms with Crippen molar-refractivity contribution in [2.45, 2.75) is 96.0 Å². The molecule has 4 fully saturated rings. The predicted octanol–water partition coefficient (Wildman–Crippen LogP) is 5.63. The molecular weight excluding hydrogens is 655 g/mol. The number of amides is 2. The molecule has 0 aromatic heterocycles. The van der Waals surface area contributed by atoms with Crippen molar-refractivity contribution in [3.63, 3.8) is 0 Å². The highest BCUT2D eigenvalue weighted by molar-refractivity contribution is 7.90. The van der Waals surface area contributed by atoms with Gasteiger partial charge in [-0.25, -0.2) is 8.42 Å². The van der Waals surface area contributed by atoms with Gasteiger partial charge in [-0.2, -0.15) is 0 Å². The van der Waals surface area contributed by atoms with Crippen LogP contribution in [0.3, 0.4) is 0 Å². The molecule has 268 valence electrons. The number of rotatable bonds is 13. The number of carbonyl (C=O) groups is 4. The fraction of sp³-hybridized carbons (Fsp3) is 0.538. The van der Waals surface area contributed by atoms with Crippen molar-refractivity contribution in [2.24, 2.45) is 22.7 Å². The number of esters is 1. The summed E-state index contributed by atoms with van der Waals surface area (Å²) >= 11 is 0. The Labute approximate surface area is 295 Å². The van der Waals surface area contributed by atoms with Gasteiger partial charge in [-0.05, 0) is 79.5 Å². The van der Waals surface area contributed by atoms with Gasteiger partial charge in [0.05, 0.1) is 29.7 Å². The highest BCUT2D eigenvalue weighted by atomic mass is 32.2. The molecule has 10 nitrogen and oxygen atoms in total. The van der Waals surface area contributed by atoms with Gasteiger partial charge >= 0.3 is 5.97 Å². The van der Waals surface area contributed by atoms with Crippen molar-refractivity contribution >= 4 is 39.3 Å². The van der Waals surface area contributed by atoms with Crippen molar-refractivity contribution in [1.82, 2.24) is 9.62 Å². The third kappa shape index (κ3) is 7.67. The third-order valence-corrected chi connectivity index (χ3v) is 12.8. The molecule has 2 aromatic rings. The Hall–Kier alpha value is -3.99. The minimum atomic E-state index is -3.82. The molecular formula is C39H49N3O7S. The summed E-state index contributed by atoms with van der Waals surface area (Å²) in [5.74, 6) is -2.88. The summed E-state index contributed by atoms with van der Waals surface area (Å²) in [6, 6.07) is 16.9. The van der Waals surface area contributed by atoms with E-state index in [1.165, 1.54) is 0 Å². The summed E-state index contributed by atoms with van der Waals surface area (Å²) in [5.41, 5.74) is 0.969. The topological polar surface area (TPSA) is 130 Å². The van der Waals surface area contributed by atoms with E-state index in [1.807, 2.05) is 80.3 Å². The Morgan fingerprint density at radius 3 is 2.30 bits per heavy atom. The second-order valence-corrected chi connectivity index (χ2v) is 17.6. The lowest BCUT2D eigenvalue weighted by Gasteiger charge is -2.34. The lowest BCUT2D eigenvalue weighted by atomic mass is 9.77. The van der Waals surface area contributed by atoms with Crippen LogP contribution in [0.1, 0.15) is 78.6 Å². The molecule has 1 heterocycles. The number of allylic oxidation sites excluding steroid dienone is 1. The van der Waals surface area contributed by atoms with Crippen LogP contribution in [0, 0.1) is 22.7 Å². The molecule has 2 amide bonds. The fourth-order valence-corrected chi connectivity index (χ4v) is 8.91. The van der Waals surface area contributed by atoms with E-state index >= 15 is 0 Å². The maximum absolute atomic E-state index is 14.6. The van der Waals surface area contributed by atoms with E-state index in [4.69, 9.17) is 4.74 Å². The number of hydrogen-bond donors (Lipinski definition) is 1. The molecule has 1 saturated heterocycles. The number of nitrogens with one attached hydrogen (secondary N) is 1. The first kappa shape index (κ1) is 35.8. The molecule has 0 spiro atoms. The van der Waals surface area contributed by atoms with E-state index in [-0.39, 0.29) is 49.8 Å². The number of hydrogen-bond acceptors (Lipinski definition) is 8. The van der Waals surface area contributed by atoms with E-state index in [0.717, 1.165) is 42.5 Å². The second kappa shape index (κ2) is 14.0. The van der Waals surface area contributed by atoms with Crippen molar-refractivity contribution in [3.8, 4) is 11.1 Å². The maximum Gasteiger partial charge on any atom is 0.306 e. The first-order valence-corrected chi connectivity index (χ1v) is 19.4. The standard InChI is InChI=1S/C39H49N3O7S/c1-5-28-22-39(28,37(46)40-50(47,48)31-18-19-31)23-34(43)33-24-41(29-15-11-14-27(20-29)26-12-7-6-8-13-26)25-42(33)36(45)32(38(2,3)4)21-35(44)49-30-16-9-10-17-30/h5-8,11-15,20,28,30-33H,1,9-10,16-19,21-25H2,2-4H3,(H,40,46)/t28-,32-,33+,39?/m1/s1. The fourth-order valence-electron chi connectivity index (χ4n) is 7.53. The number of ketones is 1. The molecule has 0 radical (unpaired) electrons. The Balaban J connectivity index is 1.28. The van der Waals surface area contributed by atoms with Crippen LogP contribution < -0.4 is 9.62 Å². The average molecular weight is 704 g/mol. The van der Waals surface area contributed by atoms with Gasteiger partial charge in [0.15, 0.2) is 5.78 Å². The number of ether oxygens (including phenoxy) is 1. The summed E-state index contributed by atoms with van der Waals surface area (Å²) in [5, 5.41) is -0.585. The van der Waals surface area contributed by atoms with Crippen LogP contribution in [0.4, 0.5) is 5.69 Å². The van der Waals surface area contributed by atoms with E-state index < -0.39 is 49.9 Å². The molecule has 3 saturated carbocycles. The van der Waals surface area contributed by atoms with Crippen molar-refractivity contribution < 1.29 is 32.3 Å². The summed E-state index contributed by atoms with van der Waals surface area (Å²) in [6.45, 7) is 9.85. The summed E-state index contributed by atoms with van der Waals surface area (Å²) in [4.78, 5) is 59.3. The summed E-state index contributed by atoms with van der Waals surface area (Å²) in [6.07, 6.45) is 6.10. The lowest BCUT2D eigenvalue weighted by Crippen LogP contribution is -2.49. The van der Waals surface area contributed by atoms with Crippen LogP contribution in [0.5, 0.6) is 0 Å². The van der Waals surface area contributed by atoms with Gasteiger partial charge in [-0.15, -0.1) is 6.58 Å². The minimum absolute atomic E-state index is 0.107. The number of benzene rings is 2. The molecule has 11 heteroatoms. The van der Waals surface area contributed by atoms with Gasteiger partial charge in [0.1, 0.15) is 12.1 Å². The summed E-state index contributed by atoms with van der Waals surface area (Å²) < 4.78 is 33.4. The lowest BCUT2D eigenvalue weighted by molar-refractivity contribution is -0.156. The van der Waals surface area contributed by atoms with Crippen LogP contribution >= 0.6 is 0 Å². The molecule has 2 aromatic carbocycles. The number of nitrogens with zero attached hydrogens (tertiary/aromatic N) is 2. The Kier molecular flexibility index (Phi) is 10.0. The Morgan fingerprint density at radius 1 is 1.00 bits per heavy atom. The number of Topliss-reactive ketones (excluding diaryl/α,β-unsaturated/α-hetero) is 1. The van der Waals surface area contributed by atoms with Crippen LogP contribution in [0.15, 0.2) is 67.3 Å². The monoisotopic (exact) mass is 703 g/mol. The normalized spacial score (nSPS) is 24.5. The van der Waals surface area contributed by atoms with E-state index in [1.54, 1.807) is 11.0 Å². The molecule has 4 aliphatic rings. The number of sulfonamides is 1. The zero-order chi connectivity index (χ0) is 35.8. The molecule has 4 atom stereocenters. The van der Waals surface area contributed by atoms with E-state index in [2.05, 4.69) is 11.3 Å². The first-order valence-electron chi connectivity index (χ1n) is 17.8. The van der Waals surface area contributed by atoms with Gasteiger partial charge in [0, 0.05) is 18.7 Å². The SMILES string of the molecule is C=C[C@@H]1CC1(CC(=O)[C@@H]1CN(c2cccc(-c3ccccc3)c2)CN1C(=O)[C@@H](CC(=O)OC1CCCC1)C(C)(C)C)C(=O)NS(=O)(=O)C1CC1. The zero-order valence-electron chi connectivity index (χ0n) is 29.3. The molecule has 1 N–H and O–H groups in total. The third-order valence-electron chi connectivity index (χ3n) is 10.9. The molecule has 1 unspecified atom stereocenters. The molecule has 1 aliphatic heterocycles. The van der Waals surface area contributed by atoms with Crippen molar-refractivity contribution in [2.75, 3.05) is 18.1 Å². The molecule has 6 rings (SSSR count). The second-order valence-electron chi connectivity index (χ2n) is 15.6. The Bertz CT molecular complexity index is 1740. The van der Waals surface area contributed by atoms with Crippen molar-refractivity contribution in [1.29, 1.82) is 0 Å². The van der Waals surface area contributed by atoms with Crippen LogP contribution in [0.2, 0.25) is 0 Å².